The van der Waals surface area contributed by atoms with E-state index >= 15 is 0 Å². The minimum atomic E-state index is -0.846. The summed E-state index contributed by atoms with van der Waals surface area (Å²) in [6, 6.07) is -0.630. The lowest BCUT2D eigenvalue weighted by Crippen LogP contribution is -2.45. The van der Waals surface area contributed by atoms with Crippen molar-refractivity contribution in [1.29, 1.82) is 0 Å². The third-order valence-electron chi connectivity index (χ3n) is 18.1. The average molecular weight is 1210 g/mol. The fraction of sp³-hybridized carbons (Fsp3) is 0.875. The first-order valence-corrected chi connectivity index (χ1v) is 38.9. The zero-order valence-corrected chi connectivity index (χ0v) is 58.1. The molecule has 0 aromatic rings. The van der Waals surface area contributed by atoms with Crippen LogP contribution in [0.25, 0.3) is 0 Å². The van der Waals surface area contributed by atoms with E-state index < -0.39 is 12.1 Å². The fourth-order valence-corrected chi connectivity index (χ4v) is 12.1. The second-order valence-electron chi connectivity index (χ2n) is 26.7. The van der Waals surface area contributed by atoms with Gasteiger partial charge in [-0.25, -0.2) is 0 Å². The minimum absolute atomic E-state index is 0.00256. The van der Waals surface area contributed by atoms with Gasteiger partial charge in [-0.2, -0.15) is 0 Å². The van der Waals surface area contributed by atoms with Gasteiger partial charge in [-0.3, -0.25) is 9.59 Å². The molecule has 6 nitrogen and oxygen atoms in total. The van der Waals surface area contributed by atoms with Crippen LogP contribution in [0.5, 0.6) is 0 Å². The molecule has 0 rings (SSSR count). The van der Waals surface area contributed by atoms with Crippen molar-refractivity contribution in [3.05, 3.63) is 48.6 Å². The molecule has 0 aliphatic carbocycles. The molecular weight excluding hydrogens is 1050 g/mol. The average Bonchev–Trinajstić information content (AvgIpc) is 3.54. The third kappa shape index (κ3) is 70.9. The molecule has 0 radical (unpaired) electrons. The normalized spacial score (nSPS) is 12.7. The monoisotopic (exact) mass is 1210 g/mol. The van der Waals surface area contributed by atoms with E-state index in [-0.39, 0.29) is 18.5 Å². The van der Waals surface area contributed by atoms with Crippen LogP contribution in [-0.4, -0.2) is 47.4 Å². The van der Waals surface area contributed by atoms with Crippen LogP contribution in [0.1, 0.15) is 425 Å². The van der Waals surface area contributed by atoms with Gasteiger partial charge in [0.15, 0.2) is 0 Å². The van der Waals surface area contributed by atoms with E-state index in [0.29, 0.717) is 19.4 Å². The predicted octanol–water partition coefficient (Wildman–Crippen LogP) is 25.6. The number of carbonyl (C=O) groups excluding carboxylic acids is 2. The number of aliphatic hydroxyl groups is 2. The summed E-state index contributed by atoms with van der Waals surface area (Å²) in [6.07, 6.45) is 99.3. The van der Waals surface area contributed by atoms with Gasteiger partial charge in [0.25, 0.3) is 0 Å². The van der Waals surface area contributed by atoms with E-state index in [1.165, 1.54) is 347 Å². The van der Waals surface area contributed by atoms with Crippen molar-refractivity contribution in [3.8, 4) is 0 Å². The molecule has 0 aromatic heterocycles. The summed E-state index contributed by atoms with van der Waals surface area (Å²) in [5, 5.41) is 23.3. The van der Waals surface area contributed by atoms with Crippen LogP contribution in [0.2, 0.25) is 0 Å². The Hall–Kier alpha value is -2.18. The van der Waals surface area contributed by atoms with E-state index in [0.717, 1.165) is 51.4 Å². The Morgan fingerprint density at radius 1 is 0.326 bits per heavy atom. The number of hydrogen-bond acceptors (Lipinski definition) is 5. The van der Waals surface area contributed by atoms with Crippen LogP contribution in [0, 0.1) is 0 Å². The molecule has 3 N–H and O–H groups in total. The molecule has 0 saturated carbocycles. The van der Waals surface area contributed by atoms with Gasteiger partial charge in [0, 0.05) is 12.8 Å². The second-order valence-corrected chi connectivity index (χ2v) is 26.7. The number of ether oxygens (including phenoxy) is 1. The molecule has 0 aliphatic heterocycles. The first kappa shape index (κ1) is 83.8. The standard InChI is InChI=1S/C80H151NO5/c1-3-5-7-9-11-13-15-17-19-20-21-22-23-29-32-35-38-41-45-48-52-56-60-64-68-72-78(83)77(76-82)81-79(84)73-69-65-61-57-53-49-46-42-39-36-33-30-27-25-24-26-28-31-34-37-40-43-47-51-55-59-63-67-71-75-86-80(85)74-70-66-62-58-54-50-44-18-16-14-12-10-8-6-4-2/h12,14,18,24,26,44,68,72,77-78,82-83H,3-11,13,15-17,19-23,25,27-43,45-67,69-71,73-76H2,1-2H3,(H,81,84)/b14-12-,26-24-,44-18-,72-68+. The molecule has 86 heavy (non-hydrogen) atoms. The molecule has 506 valence electrons. The molecule has 2 atom stereocenters. The minimum Gasteiger partial charge on any atom is -0.466 e. The lowest BCUT2D eigenvalue weighted by molar-refractivity contribution is -0.143. The maximum Gasteiger partial charge on any atom is 0.305 e. The Balaban J connectivity index is 3.41. The number of rotatable bonds is 73. The van der Waals surface area contributed by atoms with Crippen LogP contribution >= 0.6 is 0 Å². The highest BCUT2D eigenvalue weighted by Gasteiger charge is 2.18. The SMILES string of the molecule is CCCCC/C=C\C/C=C\CCCCCCCC(=O)OCCCCCCCCCCCCCC/C=C\CCCCCCCCCCCCCCCC(=O)NC(CO)C(O)/C=C/CCCCCCCCCCCCCCCCCCCCCCCCC. The lowest BCUT2D eigenvalue weighted by atomic mass is 10.0. The maximum absolute atomic E-state index is 12.6. The highest BCUT2D eigenvalue weighted by molar-refractivity contribution is 5.76. The topological polar surface area (TPSA) is 95.9 Å². The molecule has 0 aromatic carbocycles. The van der Waals surface area contributed by atoms with Gasteiger partial charge in [0.1, 0.15) is 0 Å². The smallest absolute Gasteiger partial charge is 0.305 e. The summed E-state index contributed by atoms with van der Waals surface area (Å²) in [6.45, 7) is 4.91. The number of nitrogens with one attached hydrogen (secondary N) is 1. The molecule has 2 unspecified atom stereocenters. The molecular formula is C80H151NO5. The van der Waals surface area contributed by atoms with E-state index in [1.54, 1.807) is 6.08 Å². The molecule has 6 heteroatoms. The number of allylic oxidation sites excluding steroid dienone is 7. The van der Waals surface area contributed by atoms with Crippen LogP contribution < -0.4 is 5.32 Å². The van der Waals surface area contributed by atoms with E-state index in [2.05, 4.69) is 55.6 Å². The number of aliphatic hydroxyl groups excluding tert-OH is 2. The molecule has 0 spiro atoms. The van der Waals surface area contributed by atoms with Crippen molar-refractivity contribution in [2.24, 2.45) is 0 Å². The highest BCUT2D eigenvalue weighted by atomic mass is 16.5. The summed E-state index contributed by atoms with van der Waals surface area (Å²) >= 11 is 0. The van der Waals surface area contributed by atoms with Gasteiger partial charge in [0.05, 0.1) is 25.4 Å². The predicted molar refractivity (Wildman–Crippen MR) is 379 cm³/mol. The van der Waals surface area contributed by atoms with E-state index in [9.17, 15) is 19.8 Å². The Labute approximate surface area is 537 Å². The van der Waals surface area contributed by atoms with Crippen molar-refractivity contribution in [2.75, 3.05) is 13.2 Å². The zero-order chi connectivity index (χ0) is 62.0. The largest absolute Gasteiger partial charge is 0.466 e. The molecule has 0 heterocycles. The fourth-order valence-electron chi connectivity index (χ4n) is 12.1. The van der Waals surface area contributed by atoms with Gasteiger partial charge < -0.3 is 20.3 Å². The molecule has 0 bridgehead atoms. The van der Waals surface area contributed by atoms with Crippen molar-refractivity contribution >= 4 is 11.9 Å². The van der Waals surface area contributed by atoms with Crippen LogP contribution in [0.15, 0.2) is 48.6 Å². The van der Waals surface area contributed by atoms with Gasteiger partial charge in [-0.1, -0.05) is 371 Å². The van der Waals surface area contributed by atoms with Crippen LogP contribution in [-0.2, 0) is 14.3 Å². The first-order valence-electron chi connectivity index (χ1n) is 38.9. The van der Waals surface area contributed by atoms with E-state index in [4.69, 9.17) is 4.74 Å². The van der Waals surface area contributed by atoms with Crippen molar-refractivity contribution in [1.82, 2.24) is 5.32 Å². The molecule has 1 amide bonds. The molecule has 0 fully saturated rings. The highest BCUT2D eigenvalue weighted by Crippen LogP contribution is 2.19. The van der Waals surface area contributed by atoms with Gasteiger partial charge in [-0.15, -0.1) is 0 Å². The quantitative estimate of drug-likeness (QED) is 0.0320. The number of amides is 1. The first-order chi connectivity index (χ1) is 42.5. The Morgan fingerprint density at radius 2 is 0.581 bits per heavy atom. The number of carbonyl (C=O) groups is 2. The Bertz CT molecular complexity index is 1440. The Morgan fingerprint density at radius 3 is 0.919 bits per heavy atom. The van der Waals surface area contributed by atoms with Crippen LogP contribution in [0.3, 0.4) is 0 Å². The summed E-state index contributed by atoms with van der Waals surface area (Å²) in [5.74, 6) is -0.0602. The van der Waals surface area contributed by atoms with Crippen molar-refractivity contribution in [3.63, 3.8) is 0 Å². The number of esters is 1. The van der Waals surface area contributed by atoms with Crippen LogP contribution in [0.4, 0.5) is 0 Å². The molecule has 0 aliphatic rings. The summed E-state index contributed by atoms with van der Waals surface area (Å²) in [7, 11) is 0. The number of hydrogen-bond donors (Lipinski definition) is 3. The summed E-state index contributed by atoms with van der Waals surface area (Å²) < 4.78 is 5.49. The summed E-state index contributed by atoms with van der Waals surface area (Å²) in [5.41, 5.74) is 0. The van der Waals surface area contributed by atoms with Gasteiger partial charge in [0.2, 0.25) is 5.91 Å². The number of unbranched alkanes of at least 4 members (excludes halogenated alkanes) is 56. The molecule has 0 saturated heterocycles. The van der Waals surface area contributed by atoms with Gasteiger partial charge >= 0.3 is 5.97 Å². The third-order valence-corrected chi connectivity index (χ3v) is 18.1. The maximum atomic E-state index is 12.6. The zero-order valence-electron chi connectivity index (χ0n) is 58.1. The van der Waals surface area contributed by atoms with Gasteiger partial charge in [-0.05, 0) is 89.9 Å². The lowest BCUT2D eigenvalue weighted by Gasteiger charge is -2.20. The summed E-state index contributed by atoms with van der Waals surface area (Å²) in [4.78, 5) is 24.6. The van der Waals surface area contributed by atoms with Crippen molar-refractivity contribution in [2.45, 2.75) is 437 Å². The Kier molecular flexibility index (Phi) is 73.4. The van der Waals surface area contributed by atoms with E-state index in [1.807, 2.05) is 6.08 Å². The van der Waals surface area contributed by atoms with Crippen molar-refractivity contribution < 1.29 is 24.5 Å². The second kappa shape index (κ2) is 75.3.